The Morgan fingerprint density at radius 2 is 0.902 bits per heavy atom. The minimum absolute atomic E-state index is 0.0000183. The average Bonchev–Trinajstić information content (AvgIpc) is 3.02. The number of hydrogen-bond acceptors (Lipinski definition) is 8. The quantitative estimate of drug-likeness (QED) is 0.162. The second-order valence-electron chi connectivity index (χ2n) is 12.1. The molecular weight excluding hydrogens is 524 g/mol. The Morgan fingerprint density at radius 1 is 0.463 bits per heavy atom. The molecule has 0 saturated carbocycles. The summed E-state index contributed by atoms with van der Waals surface area (Å²) in [5.41, 5.74) is 0. The summed E-state index contributed by atoms with van der Waals surface area (Å²) in [6, 6.07) is 0. The van der Waals surface area contributed by atoms with Crippen molar-refractivity contribution in [3.63, 3.8) is 0 Å². The summed E-state index contributed by atoms with van der Waals surface area (Å²) in [7, 11) is 0. The van der Waals surface area contributed by atoms with Crippen molar-refractivity contribution in [2.75, 3.05) is 52.9 Å². The maximum atomic E-state index is 5.87. The van der Waals surface area contributed by atoms with Crippen LogP contribution in [-0.4, -0.2) is 78.0 Å². The Hall–Kier alpha value is -0.580. The van der Waals surface area contributed by atoms with E-state index >= 15 is 0 Å². The van der Waals surface area contributed by atoms with Crippen molar-refractivity contribution in [2.45, 2.75) is 123 Å². The number of ether oxygens (including phenoxy) is 8. The van der Waals surface area contributed by atoms with Crippen LogP contribution in [0.25, 0.3) is 0 Å². The molecular formula is C33H60O8. The summed E-state index contributed by atoms with van der Waals surface area (Å²) in [5.74, 6) is 1.97. The van der Waals surface area contributed by atoms with Crippen molar-refractivity contribution in [2.24, 2.45) is 23.7 Å². The maximum Gasteiger partial charge on any atom is 0.157 e. The molecule has 0 aromatic rings. The normalized spacial score (nSPS) is 34.7. The van der Waals surface area contributed by atoms with Crippen LogP contribution < -0.4 is 0 Å². The second kappa shape index (κ2) is 21.2. The summed E-state index contributed by atoms with van der Waals surface area (Å²) in [6.07, 6.45) is 16.3. The molecule has 4 aliphatic heterocycles. The third kappa shape index (κ3) is 14.2. The summed E-state index contributed by atoms with van der Waals surface area (Å²) < 4.78 is 45.9. The fourth-order valence-electron chi connectivity index (χ4n) is 5.59. The van der Waals surface area contributed by atoms with Gasteiger partial charge in [0.25, 0.3) is 0 Å². The Balaban J connectivity index is 0.000000228. The first-order valence-corrected chi connectivity index (χ1v) is 16.7. The monoisotopic (exact) mass is 584 g/mol. The predicted molar refractivity (Wildman–Crippen MR) is 159 cm³/mol. The third-order valence-corrected chi connectivity index (χ3v) is 8.26. The van der Waals surface area contributed by atoms with Gasteiger partial charge in [0, 0.05) is 23.7 Å². The highest BCUT2D eigenvalue weighted by molar-refractivity contribution is 4.86. The number of hydrogen-bond donors (Lipinski definition) is 0. The van der Waals surface area contributed by atoms with Crippen LogP contribution in [0.3, 0.4) is 0 Å². The molecule has 4 fully saturated rings. The summed E-state index contributed by atoms with van der Waals surface area (Å²) in [6.45, 7) is 15.0. The number of unbranched alkanes of at least 4 members (excludes halogenated alkanes) is 2. The van der Waals surface area contributed by atoms with Crippen LogP contribution in [0.4, 0.5) is 0 Å². The molecule has 0 aromatic heterocycles. The molecule has 0 radical (unpaired) electrons. The molecule has 0 aliphatic carbocycles. The van der Waals surface area contributed by atoms with Crippen LogP contribution in [0.2, 0.25) is 0 Å². The van der Waals surface area contributed by atoms with Gasteiger partial charge in [-0.2, -0.15) is 0 Å². The van der Waals surface area contributed by atoms with Crippen molar-refractivity contribution < 1.29 is 37.9 Å². The molecule has 0 unspecified atom stereocenters. The van der Waals surface area contributed by atoms with Gasteiger partial charge in [-0.05, 0) is 51.9 Å². The van der Waals surface area contributed by atoms with Crippen molar-refractivity contribution >= 4 is 0 Å². The number of rotatable bonds is 14. The molecule has 4 aliphatic rings. The zero-order valence-electron chi connectivity index (χ0n) is 26.5. The lowest BCUT2D eigenvalue weighted by atomic mass is 10.0. The van der Waals surface area contributed by atoms with Gasteiger partial charge in [-0.3, -0.25) is 0 Å². The minimum Gasteiger partial charge on any atom is -0.352 e. The third-order valence-electron chi connectivity index (χ3n) is 8.26. The van der Waals surface area contributed by atoms with E-state index in [1.165, 1.54) is 25.7 Å². The van der Waals surface area contributed by atoms with Crippen LogP contribution in [0.5, 0.6) is 0 Å². The van der Waals surface area contributed by atoms with Crippen LogP contribution in [0.15, 0.2) is 12.2 Å². The van der Waals surface area contributed by atoms with Crippen molar-refractivity contribution in [1.82, 2.24) is 0 Å². The molecule has 8 heteroatoms. The molecule has 0 spiro atoms. The lowest BCUT2D eigenvalue weighted by Crippen LogP contribution is -2.35. The molecule has 0 N–H and O–H groups in total. The van der Waals surface area contributed by atoms with Gasteiger partial charge < -0.3 is 37.9 Å². The van der Waals surface area contributed by atoms with E-state index in [2.05, 4.69) is 32.9 Å². The van der Waals surface area contributed by atoms with Crippen LogP contribution in [0.1, 0.15) is 98.3 Å². The Labute approximate surface area is 250 Å². The van der Waals surface area contributed by atoms with Crippen molar-refractivity contribution in [1.29, 1.82) is 0 Å². The highest BCUT2D eigenvalue weighted by atomic mass is 16.7. The minimum atomic E-state index is -0.0506. The van der Waals surface area contributed by atoms with E-state index in [1.54, 1.807) is 0 Å². The van der Waals surface area contributed by atoms with E-state index in [0.29, 0.717) is 23.7 Å². The topological polar surface area (TPSA) is 73.8 Å². The molecule has 4 saturated heterocycles. The van der Waals surface area contributed by atoms with Gasteiger partial charge in [-0.15, -0.1) is 0 Å². The van der Waals surface area contributed by atoms with Gasteiger partial charge in [0.15, 0.2) is 25.2 Å². The van der Waals surface area contributed by atoms with Gasteiger partial charge in [0.1, 0.15) is 0 Å². The fourth-order valence-corrected chi connectivity index (χ4v) is 5.59. The summed E-state index contributed by atoms with van der Waals surface area (Å²) in [5, 5.41) is 0. The van der Waals surface area contributed by atoms with Gasteiger partial charge in [-0.1, -0.05) is 58.6 Å². The van der Waals surface area contributed by atoms with Gasteiger partial charge in [0.05, 0.1) is 52.9 Å². The molecule has 240 valence electrons. The molecule has 0 bridgehead atoms. The zero-order valence-corrected chi connectivity index (χ0v) is 26.5. The molecule has 41 heavy (non-hydrogen) atoms. The molecule has 0 amide bonds. The predicted octanol–water partition coefficient (Wildman–Crippen LogP) is 6.86. The summed E-state index contributed by atoms with van der Waals surface area (Å²) >= 11 is 0. The largest absolute Gasteiger partial charge is 0.352 e. The smallest absolute Gasteiger partial charge is 0.157 e. The fraction of sp³-hybridized carbons (Fsp3) is 0.939. The van der Waals surface area contributed by atoms with E-state index in [0.717, 1.165) is 97.8 Å². The lowest BCUT2D eigenvalue weighted by molar-refractivity contribution is -0.219. The highest BCUT2D eigenvalue weighted by Crippen LogP contribution is 2.24. The lowest BCUT2D eigenvalue weighted by Gasteiger charge is -2.32. The Kier molecular flexibility index (Phi) is 18.0. The van der Waals surface area contributed by atoms with E-state index in [4.69, 9.17) is 37.9 Å². The number of allylic oxidation sites excluding steroid dienone is 1. The van der Waals surface area contributed by atoms with E-state index < -0.39 is 0 Å². The van der Waals surface area contributed by atoms with Crippen LogP contribution in [-0.2, 0) is 37.9 Å². The zero-order chi connectivity index (χ0) is 29.1. The van der Waals surface area contributed by atoms with Gasteiger partial charge in [0.2, 0.25) is 0 Å². The SMILES string of the molecule is CC=CC1COC(CCC2COC(CC)OC2)OC1.CCCCCC1COC(CCC2COC(CCC)OC2)OC1. The first-order chi connectivity index (χ1) is 20.1. The Morgan fingerprint density at radius 3 is 1.34 bits per heavy atom. The van der Waals surface area contributed by atoms with Crippen LogP contribution in [0, 0.1) is 23.7 Å². The van der Waals surface area contributed by atoms with Gasteiger partial charge >= 0.3 is 0 Å². The average molecular weight is 585 g/mol. The Bertz CT molecular complexity index is 644. The van der Waals surface area contributed by atoms with Crippen molar-refractivity contribution in [3.8, 4) is 0 Å². The molecule has 0 aromatic carbocycles. The van der Waals surface area contributed by atoms with E-state index in [-0.39, 0.29) is 25.2 Å². The van der Waals surface area contributed by atoms with Gasteiger partial charge in [-0.25, -0.2) is 0 Å². The van der Waals surface area contributed by atoms with E-state index in [9.17, 15) is 0 Å². The summed E-state index contributed by atoms with van der Waals surface area (Å²) in [4.78, 5) is 0. The first-order valence-electron chi connectivity index (χ1n) is 16.7. The van der Waals surface area contributed by atoms with E-state index in [1.807, 2.05) is 6.92 Å². The molecule has 0 atom stereocenters. The second-order valence-corrected chi connectivity index (χ2v) is 12.1. The van der Waals surface area contributed by atoms with Crippen LogP contribution >= 0.6 is 0 Å². The first kappa shape index (κ1) is 34.9. The van der Waals surface area contributed by atoms with Crippen molar-refractivity contribution in [3.05, 3.63) is 12.2 Å². The molecule has 4 heterocycles. The molecule has 8 nitrogen and oxygen atoms in total. The standard InChI is InChI=1S/C18H34O4.C15H26O4/c1-3-5-6-8-15-11-21-18(22-12-15)10-9-16-13-19-17(7-4-2)20-14-16;1-3-5-12-8-18-15(19-9-12)7-6-13-10-16-14(4-2)17-11-13/h15-18H,3-14H2,1-2H3;3,5,12-15H,4,6-11H2,1-2H3. The maximum absolute atomic E-state index is 5.87. The highest BCUT2D eigenvalue weighted by Gasteiger charge is 2.27. The molecule has 4 rings (SSSR count).